The number of cyclic esters (lactones) is 1. The molecule has 2 aliphatic rings. The second-order valence-electron chi connectivity index (χ2n) is 25.1. The zero-order valence-corrected chi connectivity index (χ0v) is 57.9. The minimum Gasteiger partial charge on any atom is -0.504 e. The SMILES string of the molecule is C/C=C(\NC(=O)[C@H](NC(=O)CNC(=O)C(C)(O)C(O)/C=C\C(C)=C\C(C)CC)[C@H](C)O)C(=O)N[C@H](C(=O)N[C@H]1C(=O)N[C@H](COC)C(=O)NCC(=O)N[C@@H](C)C(=O)N[C@H]([C@H](C)O)C(=O)N[C@@H](Cc2ccc(O)c(OC)c2)C(=O)N2CCCC[C@H]2C(=O)OC1C(C)C)[C@@H](C)[C@@H](C)C(N)=O. The molecular weight excluding hydrogens is 1280 g/mol. The van der Waals surface area contributed by atoms with Crippen molar-refractivity contribution >= 4 is 76.9 Å². The number of ether oxygens (including phenoxy) is 3. The number of phenols is 1. The van der Waals surface area contributed by atoms with E-state index in [0.717, 1.165) is 43.9 Å². The maximum atomic E-state index is 15.1. The number of piperidine rings is 1. The summed E-state index contributed by atoms with van der Waals surface area (Å²) in [6.45, 7) is 14.7. The van der Waals surface area contributed by atoms with Crippen LogP contribution in [0.2, 0.25) is 0 Å². The van der Waals surface area contributed by atoms with Crippen molar-refractivity contribution in [1.82, 2.24) is 58.1 Å². The molecule has 98 heavy (non-hydrogen) atoms. The van der Waals surface area contributed by atoms with E-state index in [0.29, 0.717) is 18.4 Å². The van der Waals surface area contributed by atoms with Gasteiger partial charge in [-0.25, -0.2) is 4.79 Å². The Morgan fingerprint density at radius 2 is 1.51 bits per heavy atom. The van der Waals surface area contributed by atoms with Gasteiger partial charge in [-0.15, -0.1) is 0 Å². The number of nitrogens with zero attached hydrogens (tertiary/aromatic N) is 1. The highest BCUT2D eigenvalue weighted by molar-refractivity contribution is 6.03. The van der Waals surface area contributed by atoms with E-state index < -0.39 is 198 Å². The standard InChI is InChI=1S/C65H100N12O21/c1-15-32(5)25-33(6)20-23-46(81)65(12,95)64(94)68-29-48(83)73-50(37(10)78)59(89)70-40(16-2)57(87)74-49(34(7)35(8)54(66)84)58(88)76-52-53(31(3)4)98-63(93)43-19-17-18-24-77(43)62(92)41(26-39-21-22-44(80)45(27-39)97-14)71-60(90)51(38(11)79)75-55(85)36(9)69-47(82)28-67-56(86)42(30-96-13)72-61(52)91/h16,20-23,25,27,31-32,34-38,41-43,46,49-53,78-81,95H,15,17-19,24,26,28-30H2,1-14H3,(H2,66,84)(H,67,86)(H,68,94)(H,69,82)(H,70,89)(H,71,90)(H,72,91)(H,73,83)(H,74,87)(H,75,85)(H,76,88)/b23-20-,33-25+,40-16-/t32?,34-,35+,36-,37-,38-,41-,42+,43-,46?,49-,50+,51+,52+,53?,65?/m0/s1. The predicted molar refractivity (Wildman–Crippen MR) is 351 cm³/mol. The van der Waals surface area contributed by atoms with Gasteiger partial charge < -0.3 is 104 Å². The number of rotatable bonds is 26. The van der Waals surface area contributed by atoms with Crippen LogP contribution < -0.4 is 63.6 Å². The second kappa shape index (κ2) is 38.8. The lowest BCUT2D eigenvalue weighted by atomic mass is 9.87. The van der Waals surface area contributed by atoms with Gasteiger partial charge in [0.1, 0.15) is 66.2 Å². The molecule has 0 saturated carbocycles. The van der Waals surface area contributed by atoms with Crippen molar-refractivity contribution in [3.8, 4) is 11.5 Å². The summed E-state index contributed by atoms with van der Waals surface area (Å²) < 4.78 is 16.7. The van der Waals surface area contributed by atoms with Crippen molar-refractivity contribution in [3.63, 3.8) is 0 Å². The molecule has 33 nitrogen and oxygen atoms in total. The molecule has 1 aromatic rings. The third-order valence-corrected chi connectivity index (χ3v) is 16.8. The van der Waals surface area contributed by atoms with Crippen molar-refractivity contribution < 1.29 is 102 Å². The minimum absolute atomic E-state index is 0.00902. The predicted octanol–water partition coefficient (Wildman–Crippen LogP) is -3.60. The average molecular weight is 1390 g/mol. The Labute approximate surface area is 569 Å². The number of hydrogen-bond donors (Lipinski definition) is 16. The zero-order valence-electron chi connectivity index (χ0n) is 57.9. The topological polar surface area (TPSA) is 500 Å². The van der Waals surface area contributed by atoms with Crippen LogP contribution in [0.1, 0.15) is 114 Å². The number of hydrogen-bond acceptors (Lipinski definition) is 21. The number of carbonyl (C=O) groups is 13. The average Bonchev–Trinajstić information content (AvgIpc) is 0.809. The molecular formula is C65H100N12O21. The van der Waals surface area contributed by atoms with E-state index in [2.05, 4.69) is 53.2 Å². The van der Waals surface area contributed by atoms with Gasteiger partial charge in [-0.2, -0.15) is 0 Å². The molecule has 0 radical (unpaired) electrons. The highest BCUT2D eigenvalue weighted by atomic mass is 16.5. The summed E-state index contributed by atoms with van der Waals surface area (Å²) in [7, 11) is 2.43. The summed E-state index contributed by atoms with van der Waals surface area (Å²) >= 11 is 0. The Kier molecular flexibility index (Phi) is 32.9. The number of aliphatic hydroxyl groups excluding tert-OH is 3. The zero-order chi connectivity index (χ0) is 74.2. The number of esters is 1. The lowest BCUT2D eigenvalue weighted by Crippen LogP contribution is -2.64. The van der Waals surface area contributed by atoms with Gasteiger partial charge in [0.05, 0.1) is 39.0 Å². The molecule has 546 valence electrons. The number of nitrogens with one attached hydrogen (secondary N) is 10. The number of phenolic OH excluding ortho intramolecular Hbond substituents is 1. The van der Waals surface area contributed by atoms with Gasteiger partial charge in [0, 0.05) is 26.0 Å². The van der Waals surface area contributed by atoms with E-state index in [1.54, 1.807) is 6.92 Å². The maximum Gasteiger partial charge on any atom is 0.329 e. The minimum atomic E-state index is -2.45. The molecule has 0 aliphatic carbocycles. The molecule has 16 atom stereocenters. The second-order valence-corrected chi connectivity index (χ2v) is 25.1. The molecule has 4 unspecified atom stereocenters. The van der Waals surface area contributed by atoms with Crippen LogP contribution in [-0.2, 0) is 78.2 Å². The number of allylic oxidation sites excluding steroid dienone is 4. The van der Waals surface area contributed by atoms with Crippen LogP contribution in [0, 0.1) is 23.7 Å². The first-order valence-corrected chi connectivity index (χ1v) is 32.3. The largest absolute Gasteiger partial charge is 0.504 e. The van der Waals surface area contributed by atoms with Gasteiger partial charge in [0.2, 0.25) is 59.1 Å². The fourth-order valence-corrected chi connectivity index (χ4v) is 10.3. The fourth-order valence-electron chi connectivity index (χ4n) is 10.3. The van der Waals surface area contributed by atoms with Crippen molar-refractivity contribution in [2.45, 2.75) is 194 Å². The molecule has 0 spiro atoms. The first kappa shape index (κ1) is 83.2. The summed E-state index contributed by atoms with van der Waals surface area (Å²) in [5.74, 6) is -18.0. The number of amides is 12. The quantitative estimate of drug-likeness (QED) is 0.0242. The smallest absolute Gasteiger partial charge is 0.329 e. The van der Waals surface area contributed by atoms with Gasteiger partial charge in [0.15, 0.2) is 17.1 Å². The molecule has 17 N–H and O–H groups in total. The Morgan fingerprint density at radius 3 is 2.09 bits per heavy atom. The number of benzene rings is 1. The molecule has 2 fully saturated rings. The van der Waals surface area contributed by atoms with Crippen LogP contribution in [0.15, 0.2) is 53.8 Å². The number of carbonyl (C=O) groups excluding carboxylic acids is 13. The van der Waals surface area contributed by atoms with Crippen molar-refractivity contribution in [1.29, 1.82) is 0 Å². The van der Waals surface area contributed by atoms with Crippen LogP contribution in [0.5, 0.6) is 11.5 Å². The molecule has 2 saturated heterocycles. The number of primary amides is 1. The molecule has 12 amide bonds. The highest BCUT2D eigenvalue weighted by Crippen LogP contribution is 2.29. The number of fused-ring (bicyclic) bond motifs is 1. The van der Waals surface area contributed by atoms with Gasteiger partial charge in [-0.3, -0.25) is 57.5 Å². The number of aliphatic hydroxyl groups is 4. The lowest BCUT2D eigenvalue weighted by Gasteiger charge is -2.39. The Morgan fingerprint density at radius 1 is 0.857 bits per heavy atom. The Hall–Kier alpha value is -9.05. The first-order chi connectivity index (χ1) is 45.8. The third-order valence-electron chi connectivity index (χ3n) is 16.8. The van der Waals surface area contributed by atoms with Crippen molar-refractivity contribution in [2.75, 3.05) is 40.5 Å². The van der Waals surface area contributed by atoms with E-state index in [9.17, 15) is 73.5 Å². The molecule has 0 bridgehead atoms. The lowest BCUT2D eigenvalue weighted by molar-refractivity contribution is -0.167. The first-order valence-electron chi connectivity index (χ1n) is 32.3. The van der Waals surface area contributed by atoms with Gasteiger partial charge >= 0.3 is 5.97 Å². The molecule has 2 heterocycles. The summed E-state index contributed by atoms with van der Waals surface area (Å²) in [5, 5.41) is 77.2. The fraction of sp³-hybridized carbons (Fsp3) is 0.615. The number of methoxy groups -OCH3 is 2. The third kappa shape index (κ3) is 24.2. The van der Waals surface area contributed by atoms with Gasteiger partial charge in [-0.05, 0) is 96.3 Å². The van der Waals surface area contributed by atoms with Gasteiger partial charge in [0.25, 0.3) is 11.8 Å². The van der Waals surface area contributed by atoms with E-state index in [1.807, 2.05) is 19.9 Å². The molecule has 33 heteroatoms. The highest BCUT2D eigenvalue weighted by Gasteiger charge is 2.45. The van der Waals surface area contributed by atoms with Crippen LogP contribution in [-0.4, -0.2) is 226 Å². The van der Waals surface area contributed by atoms with Crippen LogP contribution in [0.3, 0.4) is 0 Å². The van der Waals surface area contributed by atoms with E-state index in [1.165, 1.54) is 85.9 Å². The van der Waals surface area contributed by atoms with E-state index in [4.69, 9.17) is 19.9 Å². The molecule has 2 aliphatic heterocycles. The van der Waals surface area contributed by atoms with E-state index in [-0.39, 0.29) is 36.8 Å². The normalized spacial score (nSPS) is 23.8. The summed E-state index contributed by atoms with van der Waals surface area (Å²) in [6, 6.07) is -9.75. The Bertz CT molecular complexity index is 3130. The Balaban J connectivity index is 2.14. The summed E-state index contributed by atoms with van der Waals surface area (Å²) in [4.78, 5) is 184. The van der Waals surface area contributed by atoms with Crippen LogP contribution in [0.4, 0.5) is 0 Å². The molecule has 0 aromatic heterocycles. The summed E-state index contributed by atoms with van der Waals surface area (Å²) in [6.07, 6.45) is -0.0287. The van der Waals surface area contributed by atoms with Crippen LogP contribution >= 0.6 is 0 Å². The molecule has 1 aromatic carbocycles. The number of aromatic hydroxyl groups is 1. The van der Waals surface area contributed by atoms with Crippen molar-refractivity contribution in [3.05, 3.63) is 59.3 Å². The summed E-state index contributed by atoms with van der Waals surface area (Å²) in [5.41, 5.74) is 3.72. The monoisotopic (exact) mass is 1380 g/mol. The number of nitrogens with two attached hydrogens (primary N) is 1. The molecule has 3 rings (SSSR count). The van der Waals surface area contributed by atoms with Crippen LogP contribution in [0.25, 0.3) is 0 Å². The van der Waals surface area contributed by atoms with Gasteiger partial charge in [-0.1, -0.05) is 83.9 Å². The van der Waals surface area contributed by atoms with Crippen molar-refractivity contribution in [2.24, 2.45) is 29.4 Å². The van der Waals surface area contributed by atoms with E-state index >= 15 is 14.4 Å². The maximum absolute atomic E-state index is 15.1.